The number of carbonyl (C=O) groups is 3. The molecule has 1 atom stereocenters. The van der Waals surface area contributed by atoms with Gasteiger partial charge in [0.25, 0.3) is 0 Å². The summed E-state index contributed by atoms with van der Waals surface area (Å²) in [7, 11) is 0. The van der Waals surface area contributed by atoms with Crippen molar-refractivity contribution in [2.75, 3.05) is 13.2 Å². The number of ether oxygens (including phenoxy) is 3. The SMILES string of the molecule is CC/C=C\C/C=C\C/C=C\C/C=C\C/C=C\C/C=C\CCC(=O)OC[C@@H](COC(=O)CCCCCCCCCCCCCC)OC(=O)CCCC/C=C\C/C=C\C/C=C\CCCCC. The number of rotatable bonds is 45. The highest BCUT2D eigenvalue weighted by Crippen LogP contribution is 2.13. The number of allylic oxidation sites excluding steroid dienone is 18. The van der Waals surface area contributed by atoms with Gasteiger partial charge in [0.15, 0.2) is 6.10 Å². The highest BCUT2D eigenvalue weighted by molar-refractivity contribution is 5.71. The van der Waals surface area contributed by atoms with Gasteiger partial charge >= 0.3 is 17.9 Å². The predicted octanol–water partition coefficient (Wildman–Crippen LogP) is 17.1. The van der Waals surface area contributed by atoms with E-state index >= 15 is 0 Å². The van der Waals surface area contributed by atoms with Gasteiger partial charge in [-0.15, -0.1) is 0 Å². The zero-order valence-corrected chi connectivity index (χ0v) is 41.3. The summed E-state index contributed by atoms with van der Waals surface area (Å²) in [6, 6.07) is 0. The van der Waals surface area contributed by atoms with Crippen molar-refractivity contribution in [3.05, 3.63) is 109 Å². The molecule has 0 aromatic heterocycles. The van der Waals surface area contributed by atoms with Gasteiger partial charge in [-0.1, -0.05) is 214 Å². The van der Waals surface area contributed by atoms with Gasteiger partial charge in [-0.25, -0.2) is 0 Å². The fraction of sp³-hybridized carbons (Fsp3) is 0.638. The molecule has 0 saturated carbocycles. The largest absolute Gasteiger partial charge is 0.462 e. The van der Waals surface area contributed by atoms with Crippen molar-refractivity contribution in [2.45, 2.75) is 226 Å². The number of esters is 3. The quantitative estimate of drug-likeness (QED) is 0.0262. The van der Waals surface area contributed by atoms with Crippen molar-refractivity contribution in [1.29, 1.82) is 0 Å². The lowest BCUT2D eigenvalue weighted by molar-refractivity contribution is -0.166. The molecule has 0 aliphatic carbocycles. The normalized spacial score (nSPS) is 13.0. The number of hydrogen-bond donors (Lipinski definition) is 0. The highest BCUT2D eigenvalue weighted by atomic mass is 16.6. The van der Waals surface area contributed by atoms with E-state index in [2.05, 4.69) is 118 Å². The van der Waals surface area contributed by atoms with Crippen LogP contribution in [0.4, 0.5) is 0 Å². The Kier molecular flexibility index (Phi) is 48.5. The molecule has 0 amide bonds. The second-order valence-corrected chi connectivity index (χ2v) is 16.7. The number of unbranched alkanes of at least 4 members (excludes halogenated alkanes) is 16. The summed E-state index contributed by atoms with van der Waals surface area (Å²) in [5.74, 6) is -1.05. The summed E-state index contributed by atoms with van der Waals surface area (Å²) in [6.07, 6.45) is 69.4. The third-order valence-electron chi connectivity index (χ3n) is 10.5. The monoisotopic (exact) mass is 887 g/mol. The van der Waals surface area contributed by atoms with Crippen LogP contribution in [0.15, 0.2) is 109 Å². The molecule has 0 bridgehead atoms. The Morgan fingerprint density at radius 1 is 0.328 bits per heavy atom. The Morgan fingerprint density at radius 2 is 0.641 bits per heavy atom. The summed E-state index contributed by atoms with van der Waals surface area (Å²) in [5.41, 5.74) is 0. The molecular weight excluding hydrogens is 793 g/mol. The van der Waals surface area contributed by atoms with E-state index in [1.54, 1.807) is 0 Å². The molecule has 64 heavy (non-hydrogen) atoms. The van der Waals surface area contributed by atoms with Crippen LogP contribution >= 0.6 is 0 Å². The van der Waals surface area contributed by atoms with Crippen LogP contribution in [-0.4, -0.2) is 37.2 Å². The molecule has 6 nitrogen and oxygen atoms in total. The van der Waals surface area contributed by atoms with Gasteiger partial charge in [0.2, 0.25) is 0 Å². The maximum Gasteiger partial charge on any atom is 0.306 e. The second-order valence-electron chi connectivity index (χ2n) is 16.7. The van der Waals surface area contributed by atoms with Crippen LogP contribution in [0.5, 0.6) is 0 Å². The Bertz CT molecular complexity index is 1340. The van der Waals surface area contributed by atoms with Gasteiger partial charge in [-0.2, -0.15) is 0 Å². The maximum absolute atomic E-state index is 12.8. The van der Waals surface area contributed by atoms with Gasteiger partial charge in [0.05, 0.1) is 0 Å². The first-order chi connectivity index (χ1) is 31.5. The first kappa shape index (κ1) is 60.1. The van der Waals surface area contributed by atoms with Crippen molar-refractivity contribution in [2.24, 2.45) is 0 Å². The Labute approximate surface area is 393 Å². The number of carbonyl (C=O) groups excluding carboxylic acids is 3. The first-order valence-electron chi connectivity index (χ1n) is 25.9. The van der Waals surface area contributed by atoms with Gasteiger partial charge in [-0.3, -0.25) is 14.4 Å². The summed E-state index contributed by atoms with van der Waals surface area (Å²) in [4.78, 5) is 37.9. The predicted molar refractivity (Wildman–Crippen MR) is 274 cm³/mol. The van der Waals surface area contributed by atoms with Crippen LogP contribution in [0.25, 0.3) is 0 Å². The van der Waals surface area contributed by atoms with Gasteiger partial charge in [0, 0.05) is 19.3 Å². The molecule has 0 unspecified atom stereocenters. The van der Waals surface area contributed by atoms with E-state index in [0.29, 0.717) is 19.3 Å². The molecule has 6 heteroatoms. The van der Waals surface area contributed by atoms with Crippen LogP contribution < -0.4 is 0 Å². The molecule has 0 aliphatic rings. The van der Waals surface area contributed by atoms with Crippen molar-refractivity contribution in [1.82, 2.24) is 0 Å². The summed E-state index contributed by atoms with van der Waals surface area (Å²) < 4.78 is 16.7. The maximum atomic E-state index is 12.8. The van der Waals surface area contributed by atoms with Gasteiger partial charge < -0.3 is 14.2 Å². The third kappa shape index (κ3) is 49.1. The molecule has 0 aromatic carbocycles. The zero-order chi connectivity index (χ0) is 46.5. The molecular formula is C58H94O6. The molecule has 0 spiro atoms. The minimum absolute atomic E-state index is 0.117. The average molecular weight is 887 g/mol. The van der Waals surface area contributed by atoms with Crippen molar-refractivity contribution < 1.29 is 28.6 Å². The molecule has 0 heterocycles. The summed E-state index contributed by atoms with van der Waals surface area (Å²) >= 11 is 0. The Morgan fingerprint density at radius 3 is 1.08 bits per heavy atom. The van der Waals surface area contributed by atoms with Crippen LogP contribution in [0.1, 0.15) is 220 Å². The fourth-order valence-corrected chi connectivity index (χ4v) is 6.65. The molecule has 0 aliphatic heterocycles. The lowest BCUT2D eigenvalue weighted by Crippen LogP contribution is -2.30. The minimum Gasteiger partial charge on any atom is -0.462 e. The average Bonchev–Trinajstić information content (AvgIpc) is 3.29. The summed E-state index contributed by atoms with van der Waals surface area (Å²) in [6.45, 7) is 6.38. The highest BCUT2D eigenvalue weighted by Gasteiger charge is 2.19. The van der Waals surface area contributed by atoms with Crippen LogP contribution in [0.2, 0.25) is 0 Å². The Balaban J connectivity index is 4.56. The topological polar surface area (TPSA) is 78.9 Å². The molecule has 0 rings (SSSR count). The van der Waals surface area contributed by atoms with E-state index in [1.165, 1.54) is 83.5 Å². The fourth-order valence-electron chi connectivity index (χ4n) is 6.65. The van der Waals surface area contributed by atoms with Crippen molar-refractivity contribution >= 4 is 17.9 Å². The lowest BCUT2D eigenvalue weighted by atomic mass is 10.0. The Hall–Kier alpha value is -3.93. The van der Waals surface area contributed by atoms with E-state index in [9.17, 15) is 14.4 Å². The molecule has 0 saturated heterocycles. The van der Waals surface area contributed by atoms with E-state index in [1.807, 2.05) is 12.2 Å². The lowest BCUT2D eigenvalue weighted by Gasteiger charge is -2.18. The van der Waals surface area contributed by atoms with E-state index in [0.717, 1.165) is 83.5 Å². The van der Waals surface area contributed by atoms with Crippen molar-refractivity contribution in [3.8, 4) is 0 Å². The second kappa shape index (κ2) is 51.7. The third-order valence-corrected chi connectivity index (χ3v) is 10.5. The molecule has 0 fully saturated rings. The van der Waals surface area contributed by atoms with Gasteiger partial charge in [0.1, 0.15) is 13.2 Å². The zero-order valence-electron chi connectivity index (χ0n) is 41.3. The smallest absolute Gasteiger partial charge is 0.306 e. The summed E-state index contributed by atoms with van der Waals surface area (Å²) in [5, 5.41) is 0. The molecule has 0 radical (unpaired) electrons. The van der Waals surface area contributed by atoms with E-state index in [-0.39, 0.29) is 44.0 Å². The van der Waals surface area contributed by atoms with Crippen LogP contribution in [0, 0.1) is 0 Å². The van der Waals surface area contributed by atoms with Crippen molar-refractivity contribution in [3.63, 3.8) is 0 Å². The standard InChI is InChI=1S/C58H94O6/c1-4-7-10-13-16-19-22-25-27-28-29-30-32-33-36-39-42-45-48-51-57(60)63-54-55(53-62-56(59)50-47-44-41-38-35-24-21-18-15-12-9-6-3)64-58(61)52-49-46-43-40-37-34-31-26-23-20-17-14-11-8-5-2/h7,10,16-17,19-20,25-27,29-31,33,36-37,40,42,45,55H,4-6,8-9,11-15,18,21-24,28,32,34-35,38-39,41,43-44,46-54H2,1-3H3/b10-7-,19-16-,20-17-,27-25-,30-29-,31-26-,36-33-,40-37-,45-42-/t55-/m1/s1. The number of hydrogen-bond acceptors (Lipinski definition) is 6. The molecule has 0 N–H and O–H groups in total. The molecule has 362 valence electrons. The van der Waals surface area contributed by atoms with E-state index in [4.69, 9.17) is 14.2 Å². The first-order valence-corrected chi connectivity index (χ1v) is 25.9. The van der Waals surface area contributed by atoms with Gasteiger partial charge in [-0.05, 0) is 96.3 Å². The van der Waals surface area contributed by atoms with Crippen LogP contribution in [-0.2, 0) is 28.6 Å². The molecule has 0 aromatic rings. The van der Waals surface area contributed by atoms with E-state index < -0.39 is 6.10 Å². The minimum atomic E-state index is -0.828. The van der Waals surface area contributed by atoms with Crippen LogP contribution in [0.3, 0.4) is 0 Å².